The van der Waals surface area contributed by atoms with Gasteiger partial charge in [-0.2, -0.15) is 5.10 Å². The third-order valence-corrected chi connectivity index (χ3v) is 6.44. The van der Waals surface area contributed by atoms with E-state index in [1.165, 1.54) is 12.8 Å². The van der Waals surface area contributed by atoms with Crippen molar-refractivity contribution in [1.29, 1.82) is 0 Å². The maximum absolute atomic E-state index is 12.4. The molecule has 31 heavy (non-hydrogen) atoms. The van der Waals surface area contributed by atoms with Gasteiger partial charge in [0.1, 0.15) is 6.33 Å². The molecular weight excluding hydrogens is 392 g/mol. The Morgan fingerprint density at radius 2 is 1.81 bits per heavy atom. The van der Waals surface area contributed by atoms with Gasteiger partial charge in [0.05, 0.1) is 17.9 Å². The van der Waals surface area contributed by atoms with E-state index in [1.807, 2.05) is 28.0 Å². The number of hydrogen-bond donors (Lipinski definition) is 1. The average Bonchev–Trinajstić information content (AvgIpc) is 3.14. The number of likely N-dealkylation sites (tertiary alicyclic amines) is 1. The fourth-order valence-corrected chi connectivity index (χ4v) is 4.61. The highest BCUT2D eigenvalue weighted by atomic mass is 16.2. The van der Waals surface area contributed by atoms with E-state index in [9.17, 15) is 9.59 Å². The Balaban J connectivity index is 1.19. The van der Waals surface area contributed by atoms with Gasteiger partial charge >= 0.3 is 0 Å². The second-order valence-electron chi connectivity index (χ2n) is 8.67. The number of aromatic nitrogens is 4. The molecule has 8 nitrogen and oxygen atoms in total. The fraction of sp³-hybridized carbons (Fsp3) is 0.609. The summed E-state index contributed by atoms with van der Waals surface area (Å²) in [6, 6.07) is 2.41. The highest BCUT2D eigenvalue weighted by Gasteiger charge is 2.25. The molecule has 2 aliphatic rings. The quantitative estimate of drug-likeness (QED) is 0.769. The van der Waals surface area contributed by atoms with Crippen LogP contribution in [0, 0.1) is 0 Å². The van der Waals surface area contributed by atoms with Crippen LogP contribution in [0.2, 0.25) is 0 Å². The molecule has 0 radical (unpaired) electrons. The number of nitrogens with zero attached hydrogens (tertiary/aromatic N) is 5. The standard InChI is InChI=1S/C23H32N6O2/c30-22(9-10-23(31)28-13-3-1-2-4-14-28)27-19-5-7-20(8-6-19)29-16-18(15-26-29)21-11-12-24-17-25-21/h11-12,15-17,19-20H,1-10,13-14H2,(H,27,30). The van der Waals surface area contributed by atoms with Crippen LogP contribution >= 0.6 is 0 Å². The fourth-order valence-electron chi connectivity index (χ4n) is 4.61. The van der Waals surface area contributed by atoms with Crippen LogP contribution in [0.3, 0.4) is 0 Å². The van der Waals surface area contributed by atoms with E-state index < -0.39 is 0 Å². The van der Waals surface area contributed by atoms with E-state index >= 15 is 0 Å². The van der Waals surface area contributed by atoms with Crippen molar-refractivity contribution in [2.75, 3.05) is 13.1 Å². The van der Waals surface area contributed by atoms with Gasteiger partial charge in [-0.15, -0.1) is 0 Å². The van der Waals surface area contributed by atoms with Crippen LogP contribution in [0.15, 0.2) is 31.0 Å². The van der Waals surface area contributed by atoms with Crippen LogP contribution in [-0.4, -0.2) is 55.6 Å². The summed E-state index contributed by atoms with van der Waals surface area (Å²) < 4.78 is 2.02. The summed E-state index contributed by atoms with van der Waals surface area (Å²) in [7, 11) is 0. The third kappa shape index (κ3) is 5.89. The van der Waals surface area contributed by atoms with Crippen molar-refractivity contribution in [2.24, 2.45) is 0 Å². The van der Waals surface area contributed by atoms with Crippen LogP contribution in [0.4, 0.5) is 0 Å². The number of hydrogen-bond acceptors (Lipinski definition) is 5. The Kier molecular flexibility index (Phi) is 7.27. The van der Waals surface area contributed by atoms with Crippen molar-refractivity contribution in [3.63, 3.8) is 0 Å². The van der Waals surface area contributed by atoms with Crippen LogP contribution in [-0.2, 0) is 9.59 Å². The van der Waals surface area contributed by atoms with Crippen molar-refractivity contribution in [1.82, 2.24) is 30.0 Å². The molecule has 0 aromatic carbocycles. The topological polar surface area (TPSA) is 93.0 Å². The summed E-state index contributed by atoms with van der Waals surface area (Å²) in [5, 5.41) is 7.67. The van der Waals surface area contributed by atoms with E-state index in [-0.39, 0.29) is 24.3 Å². The van der Waals surface area contributed by atoms with Crippen molar-refractivity contribution in [3.8, 4) is 11.3 Å². The number of carbonyl (C=O) groups excluding carboxylic acids is 2. The van der Waals surface area contributed by atoms with Gasteiger partial charge < -0.3 is 10.2 Å². The molecule has 0 bridgehead atoms. The van der Waals surface area contributed by atoms with E-state index in [4.69, 9.17) is 0 Å². The zero-order chi connectivity index (χ0) is 21.5. The molecule has 2 aromatic rings. The Morgan fingerprint density at radius 3 is 2.52 bits per heavy atom. The Hall–Kier alpha value is -2.77. The minimum atomic E-state index is -0.00300. The van der Waals surface area contributed by atoms with E-state index in [0.717, 1.165) is 62.9 Å². The second kappa shape index (κ2) is 10.5. The molecule has 1 saturated heterocycles. The molecule has 2 fully saturated rings. The molecule has 2 amide bonds. The van der Waals surface area contributed by atoms with E-state index in [1.54, 1.807) is 12.5 Å². The molecule has 4 rings (SSSR count). The first-order valence-electron chi connectivity index (χ1n) is 11.6. The molecule has 166 valence electrons. The lowest BCUT2D eigenvalue weighted by molar-refractivity contribution is -0.133. The lowest BCUT2D eigenvalue weighted by Gasteiger charge is -2.29. The largest absolute Gasteiger partial charge is 0.353 e. The highest BCUT2D eigenvalue weighted by Crippen LogP contribution is 2.29. The summed E-state index contributed by atoms with van der Waals surface area (Å²) >= 11 is 0. The Labute approximate surface area is 183 Å². The molecule has 1 aliphatic carbocycles. The number of rotatable bonds is 6. The molecule has 8 heteroatoms. The highest BCUT2D eigenvalue weighted by molar-refractivity contribution is 5.83. The van der Waals surface area contributed by atoms with Gasteiger partial charge in [0, 0.05) is 49.9 Å². The van der Waals surface area contributed by atoms with Crippen LogP contribution in [0.25, 0.3) is 11.3 Å². The van der Waals surface area contributed by atoms with Crippen molar-refractivity contribution < 1.29 is 9.59 Å². The molecule has 1 N–H and O–H groups in total. The van der Waals surface area contributed by atoms with Gasteiger partial charge in [-0.3, -0.25) is 14.3 Å². The van der Waals surface area contributed by atoms with Crippen molar-refractivity contribution in [2.45, 2.75) is 76.3 Å². The number of carbonyl (C=O) groups is 2. The summed E-state index contributed by atoms with van der Waals surface area (Å²) in [5.41, 5.74) is 1.86. The van der Waals surface area contributed by atoms with Crippen LogP contribution in [0.1, 0.15) is 70.3 Å². The molecule has 0 unspecified atom stereocenters. The molecule has 1 aliphatic heterocycles. The monoisotopic (exact) mass is 424 g/mol. The lowest BCUT2D eigenvalue weighted by atomic mass is 9.91. The van der Waals surface area contributed by atoms with Crippen molar-refractivity contribution in [3.05, 3.63) is 31.0 Å². The van der Waals surface area contributed by atoms with Gasteiger partial charge in [-0.05, 0) is 44.6 Å². The smallest absolute Gasteiger partial charge is 0.223 e. The second-order valence-corrected chi connectivity index (χ2v) is 8.67. The van der Waals surface area contributed by atoms with Crippen molar-refractivity contribution >= 4 is 11.8 Å². The maximum Gasteiger partial charge on any atom is 0.223 e. The number of nitrogens with one attached hydrogen (secondary N) is 1. The third-order valence-electron chi connectivity index (χ3n) is 6.44. The molecular formula is C23H32N6O2. The summed E-state index contributed by atoms with van der Waals surface area (Å²) in [5.74, 6) is 0.121. The Bertz CT molecular complexity index is 852. The minimum Gasteiger partial charge on any atom is -0.353 e. The summed E-state index contributed by atoms with van der Waals surface area (Å²) in [6.07, 6.45) is 16.1. The lowest BCUT2D eigenvalue weighted by Crippen LogP contribution is -2.39. The first-order valence-corrected chi connectivity index (χ1v) is 11.6. The van der Waals surface area contributed by atoms with E-state index in [0.29, 0.717) is 12.5 Å². The molecule has 3 heterocycles. The molecule has 2 aromatic heterocycles. The van der Waals surface area contributed by atoms with Gasteiger partial charge in [0.2, 0.25) is 11.8 Å². The SMILES string of the molecule is O=C(CCC(=O)N1CCCCCC1)NC1CCC(n2cc(-c3ccncn3)cn2)CC1. The predicted molar refractivity (Wildman–Crippen MR) is 117 cm³/mol. The van der Waals surface area contributed by atoms with Gasteiger partial charge in [0.25, 0.3) is 0 Å². The predicted octanol–water partition coefficient (Wildman–Crippen LogP) is 3.12. The zero-order valence-electron chi connectivity index (χ0n) is 18.1. The zero-order valence-corrected chi connectivity index (χ0v) is 18.1. The normalized spacial score (nSPS) is 22.0. The summed E-state index contributed by atoms with van der Waals surface area (Å²) in [6.45, 7) is 1.69. The van der Waals surface area contributed by atoms with Gasteiger partial charge in [-0.1, -0.05) is 12.8 Å². The number of amides is 2. The van der Waals surface area contributed by atoms with Gasteiger partial charge in [-0.25, -0.2) is 9.97 Å². The van der Waals surface area contributed by atoms with Gasteiger partial charge in [0.15, 0.2) is 0 Å². The summed E-state index contributed by atoms with van der Waals surface area (Å²) in [4.78, 5) is 34.9. The first kappa shape index (κ1) is 21.5. The van der Waals surface area contributed by atoms with E-state index in [2.05, 4.69) is 20.4 Å². The van der Waals surface area contributed by atoms with Crippen LogP contribution in [0.5, 0.6) is 0 Å². The minimum absolute atomic E-state index is 0.00300. The van der Waals surface area contributed by atoms with Crippen LogP contribution < -0.4 is 5.32 Å². The first-order chi connectivity index (χ1) is 15.2. The molecule has 0 atom stereocenters. The Morgan fingerprint density at radius 1 is 1.03 bits per heavy atom. The molecule has 0 spiro atoms. The average molecular weight is 425 g/mol. The maximum atomic E-state index is 12.4. The molecule has 1 saturated carbocycles.